The summed E-state index contributed by atoms with van der Waals surface area (Å²) in [6.07, 6.45) is 0.943. The second-order valence-electron chi connectivity index (χ2n) is 7.27. The SMILES string of the molecule is COCCCOCC[Si](C)(O[Si](C)(C)C)O[Si](C)(C)C. The molecule has 0 N–H and O–H groups in total. The zero-order valence-corrected chi connectivity index (χ0v) is 17.7. The largest absolute Gasteiger partial charge is 0.437 e. The monoisotopic (exact) mass is 338 g/mol. The fraction of sp³-hybridized carbons (Fsp3) is 1.00. The summed E-state index contributed by atoms with van der Waals surface area (Å²) in [5.74, 6) is 0. The molecule has 4 nitrogen and oxygen atoms in total. The Bertz CT molecular complexity index is 245. The number of ether oxygens (including phenoxy) is 2. The lowest BCUT2D eigenvalue weighted by Gasteiger charge is -2.38. The van der Waals surface area contributed by atoms with E-state index in [1.54, 1.807) is 7.11 Å². The van der Waals surface area contributed by atoms with Gasteiger partial charge in [-0.05, 0) is 52.2 Å². The van der Waals surface area contributed by atoms with E-state index in [4.69, 9.17) is 17.7 Å². The van der Waals surface area contributed by atoms with Gasteiger partial charge in [-0.25, -0.2) is 0 Å². The number of methoxy groups -OCH3 is 1. The second-order valence-corrected chi connectivity index (χ2v) is 20.1. The minimum atomic E-state index is -2.12. The molecule has 0 aliphatic heterocycles. The van der Waals surface area contributed by atoms with Crippen LogP contribution in [0.25, 0.3) is 0 Å². The predicted molar refractivity (Wildman–Crippen MR) is 92.6 cm³/mol. The lowest BCUT2D eigenvalue weighted by Crippen LogP contribution is -2.53. The molecule has 0 aliphatic rings. The summed E-state index contributed by atoms with van der Waals surface area (Å²) < 4.78 is 23.5. The maximum atomic E-state index is 6.41. The van der Waals surface area contributed by atoms with Crippen LogP contribution >= 0.6 is 0 Å². The molecule has 0 aliphatic carbocycles. The molecule has 7 heteroatoms. The first kappa shape index (κ1) is 20.5. The zero-order valence-electron chi connectivity index (χ0n) is 14.7. The van der Waals surface area contributed by atoms with Crippen LogP contribution in [0.15, 0.2) is 0 Å². The van der Waals surface area contributed by atoms with E-state index in [2.05, 4.69) is 45.8 Å². The Kier molecular flexibility index (Phi) is 9.03. The highest BCUT2D eigenvalue weighted by molar-refractivity contribution is 6.87. The van der Waals surface area contributed by atoms with Crippen molar-refractivity contribution < 1.29 is 17.7 Å². The van der Waals surface area contributed by atoms with Gasteiger partial charge in [0.1, 0.15) is 0 Å². The van der Waals surface area contributed by atoms with Crippen molar-refractivity contribution in [2.24, 2.45) is 0 Å². The molecular formula is C13H34O4Si3. The highest BCUT2D eigenvalue weighted by Crippen LogP contribution is 2.24. The van der Waals surface area contributed by atoms with Gasteiger partial charge in [0, 0.05) is 33.0 Å². The number of rotatable bonds is 11. The second kappa shape index (κ2) is 8.82. The Labute approximate surface area is 128 Å². The van der Waals surface area contributed by atoms with E-state index in [0.29, 0.717) is 0 Å². The Morgan fingerprint density at radius 2 is 1.20 bits per heavy atom. The van der Waals surface area contributed by atoms with E-state index in [1.807, 2.05) is 0 Å². The van der Waals surface area contributed by atoms with Gasteiger partial charge in [-0.15, -0.1) is 0 Å². The van der Waals surface area contributed by atoms with Gasteiger partial charge >= 0.3 is 8.56 Å². The van der Waals surface area contributed by atoms with Crippen molar-refractivity contribution in [2.45, 2.75) is 58.3 Å². The van der Waals surface area contributed by atoms with Gasteiger partial charge < -0.3 is 17.7 Å². The fourth-order valence-corrected chi connectivity index (χ4v) is 14.3. The summed E-state index contributed by atoms with van der Waals surface area (Å²) in [5.41, 5.74) is 0. The Morgan fingerprint density at radius 1 is 0.700 bits per heavy atom. The molecule has 0 fully saturated rings. The van der Waals surface area contributed by atoms with Crippen LogP contribution < -0.4 is 0 Å². The molecule has 20 heavy (non-hydrogen) atoms. The van der Waals surface area contributed by atoms with Gasteiger partial charge in [0.15, 0.2) is 16.6 Å². The summed E-state index contributed by atoms with van der Waals surface area (Å²) >= 11 is 0. The molecule has 0 saturated heterocycles. The highest BCUT2D eigenvalue weighted by Gasteiger charge is 2.39. The van der Waals surface area contributed by atoms with Crippen molar-refractivity contribution in [1.82, 2.24) is 0 Å². The van der Waals surface area contributed by atoms with Crippen LogP contribution in [0.4, 0.5) is 0 Å². The summed E-state index contributed by atoms with van der Waals surface area (Å²) in [5, 5.41) is 0. The molecule has 0 aromatic carbocycles. The van der Waals surface area contributed by atoms with Crippen LogP contribution in [0, 0.1) is 0 Å². The maximum Gasteiger partial charge on any atom is 0.316 e. The van der Waals surface area contributed by atoms with Crippen LogP contribution in [0.1, 0.15) is 6.42 Å². The lowest BCUT2D eigenvalue weighted by molar-refractivity contribution is 0.108. The van der Waals surface area contributed by atoms with Gasteiger partial charge in [-0.2, -0.15) is 0 Å². The van der Waals surface area contributed by atoms with E-state index in [9.17, 15) is 0 Å². The fourth-order valence-electron chi connectivity index (χ4n) is 2.08. The summed E-state index contributed by atoms with van der Waals surface area (Å²) in [4.78, 5) is 0. The van der Waals surface area contributed by atoms with Gasteiger partial charge in [0.25, 0.3) is 0 Å². The van der Waals surface area contributed by atoms with Crippen molar-refractivity contribution in [2.75, 3.05) is 26.9 Å². The van der Waals surface area contributed by atoms with E-state index < -0.39 is 25.2 Å². The quantitative estimate of drug-likeness (QED) is 0.424. The standard InChI is InChI=1S/C13H34O4Si3/c1-14-10-9-11-15-12-13-20(8,16-18(2,3)4)17-19(5,6)7/h9-13H2,1-8H3. The van der Waals surface area contributed by atoms with Crippen molar-refractivity contribution >= 4 is 25.2 Å². The number of hydrogen-bond donors (Lipinski definition) is 0. The van der Waals surface area contributed by atoms with Crippen molar-refractivity contribution in [3.05, 3.63) is 0 Å². The Hall–Kier alpha value is 0.491. The van der Waals surface area contributed by atoms with Crippen molar-refractivity contribution in [1.29, 1.82) is 0 Å². The van der Waals surface area contributed by atoms with Gasteiger partial charge in [0.2, 0.25) is 0 Å². The first-order chi connectivity index (χ1) is 8.97. The smallest absolute Gasteiger partial charge is 0.316 e. The third kappa shape index (κ3) is 12.2. The molecule has 0 amide bonds. The van der Waals surface area contributed by atoms with Gasteiger partial charge in [-0.3, -0.25) is 0 Å². The summed E-state index contributed by atoms with van der Waals surface area (Å²) in [6, 6.07) is 0.911. The van der Waals surface area contributed by atoms with Crippen LogP contribution in [-0.2, 0) is 17.7 Å². The molecule has 0 aromatic heterocycles. The molecule has 0 atom stereocenters. The zero-order chi connectivity index (χ0) is 15.9. The number of hydrogen-bond acceptors (Lipinski definition) is 4. The summed E-state index contributed by atoms with van der Waals surface area (Å²) in [6.45, 7) is 17.8. The van der Waals surface area contributed by atoms with E-state index in [1.165, 1.54) is 0 Å². The van der Waals surface area contributed by atoms with E-state index in [0.717, 1.165) is 32.3 Å². The molecule has 0 aromatic rings. The van der Waals surface area contributed by atoms with Crippen LogP contribution in [0.2, 0.25) is 51.9 Å². The topological polar surface area (TPSA) is 36.9 Å². The van der Waals surface area contributed by atoms with Gasteiger partial charge in [0.05, 0.1) is 0 Å². The molecular weight excluding hydrogens is 304 g/mol. The molecule has 0 spiro atoms. The van der Waals surface area contributed by atoms with Crippen LogP contribution in [0.3, 0.4) is 0 Å². The molecule has 0 heterocycles. The Balaban J connectivity index is 4.32. The third-order valence-corrected chi connectivity index (χ3v) is 11.8. The lowest BCUT2D eigenvalue weighted by atomic mass is 10.5. The minimum absolute atomic E-state index is 0.724. The van der Waals surface area contributed by atoms with Crippen molar-refractivity contribution in [3.8, 4) is 0 Å². The average molecular weight is 339 g/mol. The Morgan fingerprint density at radius 3 is 1.60 bits per heavy atom. The normalized spacial score (nSPS) is 13.8. The van der Waals surface area contributed by atoms with E-state index in [-0.39, 0.29) is 0 Å². The third-order valence-electron chi connectivity index (χ3n) is 2.38. The average Bonchev–Trinajstić information content (AvgIpc) is 2.17. The van der Waals surface area contributed by atoms with Crippen LogP contribution in [0.5, 0.6) is 0 Å². The highest BCUT2D eigenvalue weighted by atomic mass is 28.5. The van der Waals surface area contributed by atoms with Crippen molar-refractivity contribution in [3.63, 3.8) is 0 Å². The molecule has 0 bridgehead atoms. The molecule has 0 saturated carbocycles. The van der Waals surface area contributed by atoms with E-state index >= 15 is 0 Å². The molecule has 122 valence electrons. The van der Waals surface area contributed by atoms with Crippen LogP contribution in [-0.4, -0.2) is 52.1 Å². The predicted octanol–water partition coefficient (Wildman–Crippen LogP) is 3.81. The maximum absolute atomic E-state index is 6.41. The summed E-state index contributed by atoms with van der Waals surface area (Å²) in [7, 11) is -3.59. The molecule has 0 radical (unpaired) electrons. The molecule has 0 unspecified atom stereocenters. The molecule has 0 rings (SSSR count). The first-order valence-electron chi connectivity index (χ1n) is 7.44. The first-order valence-corrected chi connectivity index (χ1v) is 16.8. The van der Waals surface area contributed by atoms with Gasteiger partial charge in [-0.1, -0.05) is 0 Å². The minimum Gasteiger partial charge on any atom is -0.437 e.